The maximum absolute atomic E-state index is 11.0. The summed E-state index contributed by atoms with van der Waals surface area (Å²) < 4.78 is 0. The minimum atomic E-state index is -0.778. The van der Waals surface area contributed by atoms with Gasteiger partial charge >= 0.3 is 5.97 Å². The van der Waals surface area contributed by atoms with E-state index in [-0.39, 0.29) is 16.8 Å². The van der Waals surface area contributed by atoms with Crippen molar-refractivity contribution < 1.29 is 14.4 Å². The normalized spacial score (nSPS) is 9.50. The van der Waals surface area contributed by atoms with Gasteiger partial charge in [0.1, 0.15) is 0 Å². The first-order valence-corrected chi connectivity index (χ1v) is 3.66. The van der Waals surface area contributed by atoms with Gasteiger partial charge in [-0.05, 0) is 18.2 Å². The number of anilines is 1. The molecule has 74 valence electrons. The molecule has 0 aliphatic heterocycles. The van der Waals surface area contributed by atoms with E-state index in [0.29, 0.717) is 0 Å². The van der Waals surface area contributed by atoms with Crippen molar-refractivity contribution in [2.75, 3.05) is 5.73 Å². The van der Waals surface area contributed by atoms with Crippen LogP contribution in [0.4, 0.5) is 5.69 Å². The van der Waals surface area contributed by atoms with Crippen molar-refractivity contribution in [3.05, 3.63) is 29.3 Å². The lowest BCUT2D eigenvalue weighted by molar-refractivity contribution is 0.0503. The van der Waals surface area contributed by atoms with Gasteiger partial charge in [0.25, 0.3) is 0 Å². The van der Waals surface area contributed by atoms with Crippen molar-refractivity contribution in [1.29, 1.82) is 0 Å². The predicted octanol–water partition coefficient (Wildman–Crippen LogP) is -0.602. The highest BCUT2D eigenvalue weighted by atomic mass is 16.7. The van der Waals surface area contributed by atoms with E-state index in [4.69, 9.17) is 11.5 Å². The Hall–Kier alpha value is -2.08. The third-order valence-corrected chi connectivity index (χ3v) is 1.58. The van der Waals surface area contributed by atoms with Crippen molar-refractivity contribution >= 4 is 17.6 Å². The molecule has 6 heteroatoms. The molecule has 1 aromatic rings. The monoisotopic (exact) mass is 195 g/mol. The highest BCUT2D eigenvalue weighted by Gasteiger charge is 2.10. The molecule has 1 rings (SSSR count). The van der Waals surface area contributed by atoms with Crippen LogP contribution in [-0.4, -0.2) is 11.9 Å². The number of hydrogen-bond donors (Lipinski definition) is 3. The van der Waals surface area contributed by atoms with Crippen molar-refractivity contribution in [3.8, 4) is 0 Å². The highest BCUT2D eigenvalue weighted by Crippen LogP contribution is 2.12. The highest BCUT2D eigenvalue weighted by molar-refractivity contribution is 5.98. The summed E-state index contributed by atoms with van der Waals surface area (Å²) in [7, 11) is 0. The zero-order chi connectivity index (χ0) is 10.7. The molecular formula is C8H9N3O3. The second-order valence-corrected chi connectivity index (χ2v) is 2.61. The van der Waals surface area contributed by atoms with Gasteiger partial charge in [-0.3, -0.25) is 4.79 Å². The zero-order valence-corrected chi connectivity index (χ0v) is 7.19. The Morgan fingerprint density at radius 2 is 1.71 bits per heavy atom. The molecule has 0 saturated carbocycles. The van der Waals surface area contributed by atoms with Crippen LogP contribution in [0.2, 0.25) is 0 Å². The molecule has 0 spiro atoms. The number of rotatable bonds is 2. The number of carbonyl (C=O) groups is 2. The van der Waals surface area contributed by atoms with Gasteiger partial charge in [-0.25, -0.2) is 4.79 Å². The smallest absolute Gasteiger partial charge is 0.356 e. The average molecular weight is 195 g/mol. The Labute approximate surface area is 79.6 Å². The molecule has 0 aromatic heterocycles. The second-order valence-electron chi connectivity index (χ2n) is 2.61. The van der Waals surface area contributed by atoms with E-state index in [1.807, 2.05) is 0 Å². The van der Waals surface area contributed by atoms with Crippen LogP contribution in [0.15, 0.2) is 18.2 Å². The fourth-order valence-electron chi connectivity index (χ4n) is 0.980. The van der Waals surface area contributed by atoms with E-state index < -0.39 is 11.9 Å². The summed E-state index contributed by atoms with van der Waals surface area (Å²) in [6.45, 7) is 0. The summed E-state index contributed by atoms with van der Waals surface area (Å²) in [6, 6.07) is 3.95. The molecule has 0 heterocycles. The van der Waals surface area contributed by atoms with Crippen LogP contribution in [0.5, 0.6) is 0 Å². The van der Waals surface area contributed by atoms with Gasteiger partial charge in [-0.2, -0.15) is 5.90 Å². The number of carbonyl (C=O) groups excluding carboxylic acids is 2. The van der Waals surface area contributed by atoms with E-state index in [1.165, 1.54) is 18.2 Å². The van der Waals surface area contributed by atoms with Crippen molar-refractivity contribution in [2.24, 2.45) is 11.6 Å². The van der Waals surface area contributed by atoms with Crippen molar-refractivity contribution in [2.45, 2.75) is 0 Å². The van der Waals surface area contributed by atoms with Crippen LogP contribution >= 0.6 is 0 Å². The van der Waals surface area contributed by atoms with Crippen LogP contribution in [-0.2, 0) is 4.84 Å². The van der Waals surface area contributed by atoms with Crippen LogP contribution in [0.3, 0.4) is 0 Å². The zero-order valence-electron chi connectivity index (χ0n) is 7.19. The number of nitrogen functional groups attached to an aromatic ring is 1. The molecule has 0 aliphatic rings. The van der Waals surface area contributed by atoms with E-state index in [2.05, 4.69) is 10.7 Å². The molecule has 0 fully saturated rings. The Morgan fingerprint density at radius 1 is 1.14 bits per heavy atom. The van der Waals surface area contributed by atoms with Crippen LogP contribution in [0.1, 0.15) is 20.7 Å². The van der Waals surface area contributed by atoms with Gasteiger partial charge in [-0.15, -0.1) is 0 Å². The van der Waals surface area contributed by atoms with E-state index in [9.17, 15) is 9.59 Å². The summed E-state index contributed by atoms with van der Waals surface area (Å²) in [4.78, 5) is 25.8. The topological polar surface area (TPSA) is 121 Å². The van der Waals surface area contributed by atoms with Crippen LogP contribution in [0, 0.1) is 0 Å². The summed E-state index contributed by atoms with van der Waals surface area (Å²) >= 11 is 0. The summed E-state index contributed by atoms with van der Waals surface area (Å²) in [5.74, 6) is 3.22. The third-order valence-electron chi connectivity index (χ3n) is 1.58. The maximum Gasteiger partial charge on any atom is 0.356 e. The molecule has 0 aliphatic carbocycles. The van der Waals surface area contributed by atoms with Crippen LogP contribution in [0.25, 0.3) is 0 Å². The minimum absolute atomic E-state index is 0.0845. The van der Waals surface area contributed by atoms with Crippen LogP contribution < -0.4 is 17.4 Å². The summed E-state index contributed by atoms with van der Waals surface area (Å²) in [5, 5.41) is 0. The van der Waals surface area contributed by atoms with Gasteiger partial charge in [0.05, 0.1) is 5.56 Å². The largest absolute Gasteiger partial charge is 0.399 e. The quantitative estimate of drug-likeness (QED) is 0.429. The summed E-state index contributed by atoms with van der Waals surface area (Å²) in [5.41, 5.74) is 10.9. The van der Waals surface area contributed by atoms with Crippen molar-refractivity contribution in [1.82, 2.24) is 0 Å². The maximum atomic E-state index is 11.0. The van der Waals surface area contributed by atoms with Gasteiger partial charge in [0.15, 0.2) is 0 Å². The van der Waals surface area contributed by atoms with E-state index >= 15 is 0 Å². The van der Waals surface area contributed by atoms with E-state index in [1.54, 1.807) is 0 Å². The fraction of sp³-hybridized carbons (Fsp3) is 0. The minimum Gasteiger partial charge on any atom is -0.399 e. The standard InChI is InChI=1S/C8H9N3O3/c9-6-2-4(7(10)12)1-5(3-6)8(13)14-11/h1-3H,9,11H2,(H2,10,12). The molecule has 1 aromatic carbocycles. The predicted molar refractivity (Wildman–Crippen MR) is 49.0 cm³/mol. The number of amides is 1. The first kappa shape index (κ1) is 10.0. The number of nitrogens with two attached hydrogens (primary N) is 3. The first-order valence-electron chi connectivity index (χ1n) is 3.66. The molecule has 0 saturated heterocycles. The third kappa shape index (κ3) is 1.99. The fourth-order valence-corrected chi connectivity index (χ4v) is 0.980. The molecule has 0 atom stereocenters. The lowest BCUT2D eigenvalue weighted by Gasteiger charge is -2.02. The molecule has 0 bridgehead atoms. The number of hydrogen-bond acceptors (Lipinski definition) is 5. The second kappa shape index (κ2) is 3.75. The number of benzene rings is 1. The molecule has 0 unspecified atom stereocenters. The average Bonchev–Trinajstić information content (AvgIpc) is 2.15. The van der Waals surface area contributed by atoms with Gasteiger partial charge in [0, 0.05) is 11.3 Å². The first-order chi connectivity index (χ1) is 6.54. The SMILES string of the molecule is NOC(=O)c1cc(N)cc(C(N)=O)c1. The Bertz CT molecular complexity index is 389. The Kier molecular flexibility index (Phi) is 2.68. The summed E-state index contributed by atoms with van der Waals surface area (Å²) in [6.07, 6.45) is 0. The van der Waals surface area contributed by atoms with Gasteiger partial charge < -0.3 is 16.3 Å². The van der Waals surface area contributed by atoms with E-state index in [0.717, 1.165) is 0 Å². The molecule has 6 nitrogen and oxygen atoms in total. The molecular weight excluding hydrogens is 186 g/mol. The molecule has 1 amide bonds. The lowest BCUT2D eigenvalue weighted by atomic mass is 10.1. The van der Waals surface area contributed by atoms with Crippen molar-refractivity contribution in [3.63, 3.8) is 0 Å². The lowest BCUT2D eigenvalue weighted by Crippen LogP contribution is -2.15. The number of primary amides is 1. The molecule has 14 heavy (non-hydrogen) atoms. The Balaban J connectivity index is 3.20. The van der Waals surface area contributed by atoms with Gasteiger partial charge in [-0.1, -0.05) is 0 Å². The molecule has 6 N–H and O–H groups in total. The van der Waals surface area contributed by atoms with Gasteiger partial charge in [0.2, 0.25) is 5.91 Å². The Morgan fingerprint density at radius 3 is 2.21 bits per heavy atom. The molecule has 0 radical (unpaired) electrons.